The SMILES string of the molecule is CCC1CCCC1NC(CC(C)C)C(=O)N(C)C. The number of nitrogens with one attached hydrogen (secondary N) is 1. The Labute approximate surface area is 112 Å². The van der Waals surface area contributed by atoms with Gasteiger partial charge in [-0.15, -0.1) is 0 Å². The van der Waals surface area contributed by atoms with Crippen LogP contribution >= 0.6 is 0 Å². The van der Waals surface area contributed by atoms with E-state index in [0.29, 0.717) is 12.0 Å². The largest absolute Gasteiger partial charge is 0.347 e. The number of amides is 1. The van der Waals surface area contributed by atoms with Gasteiger partial charge in [-0.2, -0.15) is 0 Å². The van der Waals surface area contributed by atoms with Crippen LogP contribution in [-0.4, -0.2) is 37.0 Å². The molecule has 0 bridgehead atoms. The van der Waals surface area contributed by atoms with E-state index < -0.39 is 0 Å². The summed E-state index contributed by atoms with van der Waals surface area (Å²) >= 11 is 0. The summed E-state index contributed by atoms with van der Waals surface area (Å²) in [5.41, 5.74) is 0. The number of hydrogen-bond donors (Lipinski definition) is 1. The zero-order chi connectivity index (χ0) is 13.7. The van der Waals surface area contributed by atoms with Gasteiger partial charge in [0.25, 0.3) is 0 Å². The van der Waals surface area contributed by atoms with Gasteiger partial charge in [0.05, 0.1) is 6.04 Å². The molecule has 18 heavy (non-hydrogen) atoms. The molecule has 3 atom stereocenters. The van der Waals surface area contributed by atoms with Crippen molar-refractivity contribution < 1.29 is 4.79 Å². The number of carbonyl (C=O) groups excluding carboxylic acids is 1. The van der Waals surface area contributed by atoms with Crippen LogP contribution in [-0.2, 0) is 4.79 Å². The molecule has 3 unspecified atom stereocenters. The summed E-state index contributed by atoms with van der Waals surface area (Å²) in [4.78, 5) is 13.9. The highest BCUT2D eigenvalue weighted by Gasteiger charge is 2.30. The van der Waals surface area contributed by atoms with Crippen molar-refractivity contribution in [2.24, 2.45) is 11.8 Å². The van der Waals surface area contributed by atoms with Gasteiger partial charge < -0.3 is 10.2 Å². The highest BCUT2D eigenvalue weighted by Crippen LogP contribution is 2.29. The van der Waals surface area contributed by atoms with E-state index in [0.717, 1.165) is 12.3 Å². The molecule has 0 aromatic carbocycles. The molecule has 1 N–H and O–H groups in total. The number of likely N-dealkylation sites (N-methyl/N-ethyl adjacent to an activating group) is 1. The Morgan fingerprint density at radius 1 is 1.33 bits per heavy atom. The molecule has 1 saturated carbocycles. The second-order valence-corrected chi connectivity index (χ2v) is 6.29. The van der Waals surface area contributed by atoms with E-state index in [1.54, 1.807) is 4.90 Å². The van der Waals surface area contributed by atoms with Crippen LogP contribution in [0.2, 0.25) is 0 Å². The van der Waals surface area contributed by atoms with Crippen LogP contribution in [0.15, 0.2) is 0 Å². The molecule has 1 rings (SSSR count). The van der Waals surface area contributed by atoms with E-state index in [2.05, 4.69) is 26.1 Å². The molecule has 1 aliphatic carbocycles. The topological polar surface area (TPSA) is 32.3 Å². The molecule has 3 nitrogen and oxygen atoms in total. The fourth-order valence-corrected chi connectivity index (χ4v) is 3.03. The van der Waals surface area contributed by atoms with Gasteiger partial charge in [-0.25, -0.2) is 0 Å². The summed E-state index contributed by atoms with van der Waals surface area (Å²) in [7, 11) is 3.70. The third-order valence-electron chi connectivity index (χ3n) is 4.04. The molecule has 3 heteroatoms. The van der Waals surface area contributed by atoms with Crippen LogP contribution in [0.25, 0.3) is 0 Å². The lowest BCUT2D eigenvalue weighted by Gasteiger charge is -2.29. The highest BCUT2D eigenvalue weighted by molar-refractivity contribution is 5.81. The van der Waals surface area contributed by atoms with Gasteiger partial charge in [-0.3, -0.25) is 4.79 Å². The molecular weight excluding hydrogens is 224 g/mol. The molecule has 1 amide bonds. The molecule has 106 valence electrons. The third kappa shape index (κ3) is 4.27. The van der Waals surface area contributed by atoms with Crippen LogP contribution in [0.3, 0.4) is 0 Å². The van der Waals surface area contributed by atoms with Gasteiger partial charge in [0, 0.05) is 20.1 Å². The van der Waals surface area contributed by atoms with Gasteiger partial charge in [0.1, 0.15) is 0 Å². The lowest BCUT2D eigenvalue weighted by molar-refractivity contribution is -0.131. The first-order valence-corrected chi connectivity index (χ1v) is 7.42. The van der Waals surface area contributed by atoms with E-state index in [-0.39, 0.29) is 11.9 Å². The van der Waals surface area contributed by atoms with Gasteiger partial charge in [0.15, 0.2) is 0 Å². The average molecular weight is 254 g/mol. The van der Waals surface area contributed by atoms with Crippen molar-refractivity contribution in [1.82, 2.24) is 10.2 Å². The Balaban J connectivity index is 2.62. The summed E-state index contributed by atoms with van der Waals surface area (Å²) in [6.45, 7) is 6.63. The molecule has 0 heterocycles. The molecule has 0 aromatic heterocycles. The Hall–Kier alpha value is -0.570. The zero-order valence-electron chi connectivity index (χ0n) is 12.7. The first kappa shape index (κ1) is 15.5. The quantitative estimate of drug-likeness (QED) is 0.790. The molecule has 0 radical (unpaired) electrons. The van der Waals surface area contributed by atoms with E-state index >= 15 is 0 Å². The first-order chi connectivity index (χ1) is 8.45. The van der Waals surface area contributed by atoms with Gasteiger partial charge >= 0.3 is 0 Å². The predicted octanol–water partition coefficient (Wildman–Crippen LogP) is 2.66. The Morgan fingerprint density at radius 2 is 2.00 bits per heavy atom. The van der Waals surface area contributed by atoms with Crippen molar-refractivity contribution in [3.8, 4) is 0 Å². The molecule has 1 aliphatic rings. The molecule has 0 spiro atoms. The van der Waals surface area contributed by atoms with Crippen LogP contribution in [0.1, 0.15) is 52.9 Å². The highest BCUT2D eigenvalue weighted by atomic mass is 16.2. The lowest BCUT2D eigenvalue weighted by Crippen LogP contribution is -2.49. The monoisotopic (exact) mass is 254 g/mol. The minimum atomic E-state index is -0.00264. The van der Waals surface area contributed by atoms with Crippen molar-refractivity contribution in [3.63, 3.8) is 0 Å². The number of nitrogens with zero attached hydrogens (tertiary/aromatic N) is 1. The fraction of sp³-hybridized carbons (Fsp3) is 0.933. The van der Waals surface area contributed by atoms with E-state index in [1.165, 1.54) is 25.7 Å². The summed E-state index contributed by atoms with van der Waals surface area (Å²) in [5.74, 6) is 1.54. The standard InChI is InChI=1S/C15H30N2O/c1-6-12-8-7-9-13(12)16-14(10-11(2)3)15(18)17(4)5/h11-14,16H,6-10H2,1-5H3. The number of hydrogen-bond acceptors (Lipinski definition) is 2. The van der Waals surface area contributed by atoms with Crippen LogP contribution in [0.4, 0.5) is 0 Å². The van der Waals surface area contributed by atoms with Crippen molar-refractivity contribution in [3.05, 3.63) is 0 Å². The van der Waals surface area contributed by atoms with Gasteiger partial charge in [0.2, 0.25) is 5.91 Å². The van der Waals surface area contributed by atoms with Crippen LogP contribution in [0.5, 0.6) is 0 Å². The fourth-order valence-electron chi connectivity index (χ4n) is 3.03. The minimum Gasteiger partial charge on any atom is -0.347 e. The van der Waals surface area contributed by atoms with Crippen LogP contribution in [0, 0.1) is 11.8 Å². The Bertz CT molecular complexity index is 263. The molecule has 0 aromatic rings. The van der Waals surface area contributed by atoms with Crippen molar-refractivity contribution >= 4 is 5.91 Å². The maximum atomic E-state index is 12.2. The van der Waals surface area contributed by atoms with Gasteiger partial charge in [-0.05, 0) is 31.1 Å². The molecule has 0 aliphatic heterocycles. The third-order valence-corrected chi connectivity index (χ3v) is 4.04. The van der Waals surface area contributed by atoms with E-state index in [1.807, 2.05) is 14.1 Å². The molecule has 1 fully saturated rings. The van der Waals surface area contributed by atoms with Gasteiger partial charge in [-0.1, -0.05) is 33.6 Å². The Morgan fingerprint density at radius 3 is 2.50 bits per heavy atom. The predicted molar refractivity (Wildman–Crippen MR) is 76.5 cm³/mol. The van der Waals surface area contributed by atoms with Crippen molar-refractivity contribution in [2.75, 3.05) is 14.1 Å². The second-order valence-electron chi connectivity index (χ2n) is 6.29. The smallest absolute Gasteiger partial charge is 0.239 e. The number of carbonyl (C=O) groups is 1. The summed E-state index contributed by atoms with van der Waals surface area (Å²) < 4.78 is 0. The average Bonchev–Trinajstić information content (AvgIpc) is 2.73. The minimum absolute atomic E-state index is 0.00264. The van der Waals surface area contributed by atoms with Crippen molar-refractivity contribution in [2.45, 2.75) is 65.0 Å². The normalized spacial score (nSPS) is 25.4. The summed E-state index contributed by atoms with van der Waals surface area (Å²) in [5, 5.41) is 3.64. The molecular formula is C15H30N2O. The van der Waals surface area contributed by atoms with Crippen molar-refractivity contribution in [1.29, 1.82) is 0 Å². The number of rotatable bonds is 6. The second kappa shape index (κ2) is 7.13. The zero-order valence-corrected chi connectivity index (χ0v) is 12.7. The summed E-state index contributed by atoms with van der Waals surface area (Å²) in [6, 6.07) is 0.541. The summed E-state index contributed by atoms with van der Waals surface area (Å²) in [6.07, 6.45) is 6.01. The van der Waals surface area contributed by atoms with E-state index in [9.17, 15) is 4.79 Å². The lowest BCUT2D eigenvalue weighted by atomic mass is 9.97. The Kier molecular flexibility index (Phi) is 6.13. The van der Waals surface area contributed by atoms with Crippen LogP contribution < -0.4 is 5.32 Å². The maximum absolute atomic E-state index is 12.2. The maximum Gasteiger partial charge on any atom is 0.239 e. The first-order valence-electron chi connectivity index (χ1n) is 7.42. The van der Waals surface area contributed by atoms with E-state index in [4.69, 9.17) is 0 Å². The molecule has 0 saturated heterocycles.